The van der Waals surface area contributed by atoms with Gasteiger partial charge in [-0.05, 0) is 98.6 Å². The van der Waals surface area contributed by atoms with Gasteiger partial charge in [0.05, 0.1) is 16.9 Å². The topological polar surface area (TPSA) is 99.2 Å². The summed E-state index contributed by atoms with van der Waals surface area (Å²) < 4.78 is 34.2. The van der Waals surface area contributed by atoms with Gasteiger partial charge in [-0.3, -0.25) is 9.69 Å². The quantitative estimate of drug-likeness (QED) is 0.342. The molecule has 1 aliphatic rings. The van der Waals surface area contributed by atoms with Gasteiger partial charge in [0, 0.05) is 19.6 Å². The Hall–Kier alpha value is -2.56. The van der Waals surface area contributed by atoms with E-state index in [1.807, 2.05) is 44.7 Å². The van der Waals surface area contributed by atoms with E-state index < -0.39 is 27.9 Å². The van der Waals surface area contributed by atoms with E-state index in [1.54, 1.807) is 12.1 Å². The van der Waals surface area contributed by atoms with Gasteiger partial charge in [-0.1, -0.05) is 58.0 Å². The molecule has 3 rings (SSSR count). The number of nitrogens with zero attached hydrogens (tertiary/aromatic N) is 2. The second-order valence-corrected chi connectivity index (χ2v) is 14.8. The van der Waals surface area contributed by atoms with E-state index in [4.69, 9.17) is 4.74 Å². The van der Waals surface area contributed by atoms with Gasteiger partial charge in [-0.15, -0.1) is 0 Å². The van der Waals surface area contributed by atoms with Gasteiger partial charge in [-0.2, -0.15) is 0 Å². The first-order valence-electron chi connectivity index (χ1n) is 14.7. The first-order chi connectivity index (χ1) is 19.5. The fraction of sp³-hybridized carbons (Fsp3) is 0.545. The van der Waals surface area contributed by atoms with Gasteiger partial charge in [0.2, 0.25) is 12.3 Å². The molecule has 9 heteroatoms. The zero-order chi connectivity index (χ0) is 31.4. The Labute approximate surface area is 252 Å². The number of ether oxygens (including phenoxy) is 1. The highest BCUT2D eigenvalue weighted by atomic mass is 32.2. The number of carbonyl (C=O) groups is 1. The molecule has 2 N–H and O–H groups in total. The lowest BCUT2D eigenvalue weighted by Gasteiger charge is -2.35. The van der Waals surface area contributed by atoms with Crippen LogP contribution in [0.25, 0.3) is 5.57 Å². The number of rotatable bonds is 11. The molecule has 0 spiro atoms. The van der Waals surface area contributed by atoms with Crippen molar-refractivity contribution in [2.45, 2.75) is 96.6 Å². The lowest BCUT2D eigenvalue weighted by Crippen LogP contribution is -2.44. The molecule has 0 saturated carbocycles. The van der Waals surface area contributed by atoms with Gasteiger partial charge >= 0.3 is 0 Å². The van der Waals surface area contributed by atoms with E-state index in [1.165, 1.54) is 12.1 Å². The maximum absolute atomic E-state index is 13.2. The summed E-state index contributed by atoms with van der Waals surface area (Å²) in [7, 11) is -0.113. The largest absolute Gasteiger partial charge is 0.356 e. The number of nitrogens with one attached hydrogen (secondary N) is 1. The third-order valence-corrected chi connectivity index (χ3v) is 8.59. The summed E-state index contributed by atoms with van der Waals surface area (Å²) in [5.41, 5.74) is 5.55. The van der Waals surface area contributed by atoms with Crippen LogP contribution in [0.1, 0.15) is 94.5 Å². The molecule has 1 aliphatic heterocycles. The van der Waals surface area contributed by atoms with E-state index in [2.05, 4.69) is 50.6 Å². The molecule has 1 amide bonds. The monoisotopic (exact) mass is 599 g/mol. The number of hydrogen-bond acceptors (Lipinski definition) is 7. The van der Waals surface area contributed by atoms with Crippen LogP contribution >= 0.6 is 0 Å². The second kappa shape index (κ2) is 13.8. The number of carbonyl (C=O) groups excluding carboxylic acids is 1. The van der Waals surface area contributed by atoms with Gasteiger partial charge in [0.25, 0.3) is 10.0 Å². The molecule has 1 unspecified atom stereocenters. The van der Waals surface area contributed by atoms with Crippen LogP contribution in [0.4, 0.5) is 0 Å². The summed E-state index contributed by atoms with van der Waals surface area (Å²) in [5.74, 6) is -0.336. The number of sulfonamides is 1. The van der Waals surface area contributed by atoms with E-state index in [0.29, 0.717) is 19.6 Å². The molecule has 0 aromatic heterocycles. The first kappa shape index (κ1) is 33.9. The third-order valence-electron chi connectivity index (χ3n) is 7.20. The molecule has 42 heavy (non-hydrogen) atoms. The van der Waals surface area contributed by atoms with Crippen molar-refractivity contribution in [2.24, 2.45) is 0 Å². The predicted molar refractivity (Wildman–Crippen MR) is 168 cm³/mol. The number of benzene rings is 2. The summed E-state index contributed by atoms with van der Waals surface area (Å²) in [5, 5.41) is 10.7. The molecule has 0 aliphatic carbocycles. The molecule has 2 aromatic carbocycles. The van der Waals surface area contributed by atoms with Crippen LogP contribution in [0.3, 0.4) is 0 Å². The Balaban J connectivity index is 1.87. The molecule has 0 saturated heterocycles. The van der Waals surface area contributed by atoms with Crippen molar-refractivity contribution in [1.29, 1.82) is 0 Å². The van der Waals surface area contributed by atoms with Gasteiger partial charge in [0.1, 0.15) is 0 Å². The van der Waals surface area contributed by atoms with Crippen molar-refractivity contribution >= 4 is 21.5 Å². The Morgan fingerprint density at radius 2 is 1.62 bits per heavy atom. The number of amides is 1. The minimum atomic E-state index is -4.01. The SMILES string of the molecule is CC(C)c1cc(C2=CCCN(C(O)OC(C)(C)C)C2)cc(C(C)C)c1CC(=O)NS(=O)(=O)c1ccc(CN(C)C)cc1. The van der Waals surface area contributed by atoms with Crippen molar-refractivity contribution in [3.05, 3.63) is 70.3 Å². The lowest BCUT2D eigenvalue weighted by atomic mass is 9.83. The minimum Gasteiger partial charge on any atom is -0.356 e. The van der Waals surface area contributed by atoms with E-state index in [-0.39, 0.29) is 23.2 Å². The van der Waals surface area contributed by atoms with Crippen LogP contribution in [0, 0.1) is 0 Å². The summed E-state index contributed by atoms with van der Waals surface area (Å²) >= 11 is 0. The van der Waals surface area contributed by atoms with Crippen LogP contribution in [0.15, 0.2) is 47.4 Å². The predicted octanol–water partition coefficient (Wildman–Crippen LogP) is 5.22. The highest BCUT2D eigenvalue weighted by molar-refractivity contribution is 7.90. The van der Waals surface area contributed by atoms with Gasteiger partial charge in [-0.25, -0.2) is 13.1 Å². The highest BCUT2D eigenvalue weighted by Crippen LogP contribution is 2.34. The molecular formula is C33H49N3O5S. The Morgan fingerprint density at radius 3 is 2.12 bits per heavy atom. The van der Waals surface area contributed by atoms with E-state index >= 15 is 0 Å². The molecule has 8 nitrogen and oxygen atoms in total. The van der Waals surface area contributed by atoms with Crippen molar-refractivity contribution in [2.75, 3.05) is 27.2 Å². The number of aliphatic hydroxyl groups excluding tert-OH is 1. The molecule has 0 radical (unpaired) electrons. The fourth-order valence-electron chi connectivity index (χ4n) is 5.24. The van der Waals surface area contributed by atoms with Crippen molar-refractivity contribution < 1.29 is 23.1 Å². The summed E-state index contributed by atoms with van der Waals surface area (Å²) in [6, 6.07) is 10.8. The zero-order valence-corrected chi connectivity index (χ0v) is 27.5. The molecule has 1 atom stereocenters. The number of hydrogen-bond donors (Lipinski definition) is 2. The smallest absolute Gasteiger partial charge is 0.264 e. The maximum atomic E-state index is 13.2. The Morgan fingerprint density at radius 1 is 1.05 bits per heavy atom. The maximum Gasteiger partial charge on any atom is 0.264 e. The van der Waals surface area contributed by atoms with E-state index in [0.717, 1.165) is 39.8 Å². The van der Waals surface area contributed by atoms with Gasteiger partial charge < -0.3 is 14.7 Å². The zero-order valence-electron chi connectivity index (χ0n) is 26.7. The molecule has 1 heterocycles. The molecule has 0 fully saturated rings. The van der Waals surface area contributed by atoms with E-state index in [9.17, 15) is 18.3 Å². The highest BCUT2D eigenvalue weighted by Gasteiger charge is 2.27. The second-order valence-electron chi connectivity index (χ2n) is 13.1. The molecule has 232 valence electrons. The van der Waals surface area contributed by atoms with Crippen LogP contribution < -0.4 is 4.72 Å². The Kier molecular flexibility index (Phi) is 11.2. The molecule has 0 bridgehead atoms. The van der Waals surface area contributed by atoms with Crippen molar-refractivity contribution in [3.8, 4) is 0 Å². The van der Waals surface area contributed by atoms with Crippen LogP contribution in [-0.4, -0.2) is 68.4 Å². The van der Waals surface area contributed by atoms with Gasteiger partial charge in [0.15, 0.2) is 0 Å². The van der Waals surface area contributed by atoms with Crippen molar-refractivity contribution in [3.63, 3.8) is 0 Å². The summed E-state index contributed by atoms with van der Waals surface area (Å²) in [4.78, 5) is 17.2. The summed E-state index contributed by atoms with van der Waals surface area (Å²) in [6.07, 6.45) is 1.94. The molecule has 2 aromatic rings. The normalized spacial score (nSPS) is 15.8. The Bertz CT molecular complexity index is 1340. The number of aliphatic hydroxyl groups is 1. The average Bonchev–Trinajstić information content (AvgIpc) is 2.87. The van der Waals surface area contributed by atoms with Crippen LogP contribution in [-0.2, 0) is 32.5 Å². The third kappa shape index (κ3) is 9.22. The van der Waals surface area contributed by atoms with Crippen LogP contribution in [0.5, 0.6) is 0 Å². The summed E-state index contributed by atoms with van der Waals surface area (Å²) in [6.45, 7) is 16.0. The molecular weight excluding hydrogens is 550 g/mol. The van der Waals surface area contributed by atoms with Crippen molar-refractivity contribution in [1.82, 2.24) is 14.5 Å². The fourth-order valence-corrected chi connectivity index (χ4v) is 6.22. The standard InChI is InChI=1S/C33H49N3O5S/c1-22(2)28-17-26(25-11-10-16-36(21-25)32(38)41-33(5,6)7)18-29(23(3)4)30(28)19-31(37)34-42(39,40)27-14-12-24(13-15-27)20-35(8)9/h11-15,17-18,22-23,32,38H,10,16,19-21H2,1-9H3,(H,34,37). The first-order valence-corrected chi connectivity index (χ1v) is 16.2. The average molecular weight is 600 g/mol. The van der Waals surface area contributed by atoms with Crippen LogP contribution in [0.2, 0.25) is 0 Å². The minimum absolute atomic E-state index is 0.0391. The lowest BCUT2D eigenvalue weighted by molar-refractivity contribution is -0.236.